The Kier molecular flexibility index (Phi) is 5.50. The van der Waals surface area contributed by atoms with Crippen molar-refractivity contribution in [2.45, 2.75) is 32.7 Å². The third-order valence-corrected chi connectivity index (χ3v) is 2.39. The van der Waals surface area contributed by atoms with Crippen molar-refractivity contribution in [2.24, 2.45) is 0 Å². The number of terminal acetylenes is 1. The van der Waals surface area contributed by atoms with Crippen LogP contribution in [0.4, 0.5) is 0 Å². The molecule has 15 heavy (non-hydrogen) atoms. The number of nitrogens with one attached hydrogen (secondary N) is 1. The van der Waals surface area contributed by atoms with Crippen molar-refractivity contribution >= 4 is 0 Å². The van der Waals surface area contributed by atoms with Crippen LogP contribution in [0, 0.1) is 19.3 Å². The second-order valence-electron chi connectivity index (χ2n) is 3.64. The van der Waals surface area contributed by atoms with E-state index in [0.29, 0.717) is 0 Å². The van der Waals surface area contributed by atoms with E-state index in [0.717, 1.165) is 32.4 Å². The lowest BCUT2D eigenvalue weighted by atomic mass is 10.1. The maximum Gasteiger partial charge on any atom is 0.0315 e. The zero-order chi connectivity index (χ0) is 10.9. The van der Waals surface area contributed by atoms with Crippen LogP contribution in [-0.2, 0) is 6.54 Å². The molecule has 0 aliphatic heterocycles. The predicted octanol–water partition coefficient (Wildman–Crippen LogP) is 2.28. The van der Waals surface area contributed by atoms with E-state index in [1.54, 1.807) is 0 Å². The fraction of sp³-hybridized carbons (Fsp3) is 0.462. The van der Waals surface area contributed by atoms with Crippen LogP contribution in [0.1, 0.15) is 30.4 Å². The number of aromatic nitrogens is 1. The Labute approximate surface area is 92.1 Å². The summed E-state index contributed by atoms with van der Waals surface area (Å²) in [7, 11) is 0. The van der Waals surface area contributed by atoms with Crippen molar-refractivity contribution in [2.75, 3.05) is 6.54 Å². The summed E-state index contributed by atoms with van der Waals surface area (Å²) in [5.74, 6) is 2.65. The third-order valence-electron chi connectivity index (χ3n) is 2.39. The quantitative estimate of drug-likeness (QED) is 0.565. The highest BCUT2D eigenvalue weighted by Crippen LogP contribution is 2.03. The molecule has 0 aliphatic carbocycles. The van der Waals surface area contributed by atoms with Crippen LogP contribution >= 0.6 is 0 Å². The van der Waals surface area contributed by atoms with Crippen LogP contribution in [0.25, 0.3) is 0 Å². The van der Waals surface area contributed by atoms with Crippen LogP contribution < -0.4 is 5.32 Å². The first-order chi connectivity index (χ1) is 7.34. The number of unbranched alkanes of at least 4 members (excludes halogenated alkanes) is 2. The molecular weight excluding hydrogens is 184 g/mol. The van der Waals surface area contributed by atoms with Crippen molar-refractivity contribution in [1.82, 2.24) is 10.3 Å². The maximum atomic E-state index is 5.18. The van der Waals surface area contributed by atoms with Crippen LogP contribution in [0.2, 0.25) is 0 Å². The molecule has 0 saturated heterocycles. The van der Waals surface area contributed by atoms with Gasteiger partial charge in [0.1, 0.15) is 0 Å². The number of rotatable bonds is 6. The molecule has 2 heteroatoms. The summed E-state index contributed by atoms with van der Waals surface area (Å²) in [6, 6.07) is 2.04. The molecule has 0 unspecified atom stereocenters. The minimum atomic E-state index is 0.883. The molecule has 1 aromatic heterocycles. The molecule has 0 aliphatic rings. The van der Waals surface area contributed by atoms with Crippen LogP contribution in [0.5, 0.6) is 0 Å². The molecule has 0 saturated carbocycles. The molecule has 0 bridgehead atoms. The second-order valence-corrected chi connectivity index (χ2v) is 3.64. The van der Waals surface area contributed by atoms with Gasteiger partial charge in [-0.1, -0.05) is 0 Å². The molecule has 1 heterocycles. The first-order valence-corrected chi connectivity index (χ1v) is 5.38. The number of hydrogen-bond acceptors (Lipinski definition) is 2. The Balaban J connectivity index is 2.16. The fourth-order valence-corrected chi connectivity index (χ4v) is 1.38. The molecule has 0 spiro atoms. The van der Waals surface area contributed by atoms with E-state index in [1.165, 1.54) is 11.1 Å². The molecule has 0 amide bonds. The molecule has 0 atom stereocenters. The van der Waals surface area contributed by atoms with Crippen molar-refractivity contribution in [1.29, 1.82) is 0 Å². The Morgan fingerprint density at radius 3 is 3.07 bits per heavy atom. The molecule has 2 nitrogen and oxygen atoms in total. The van der Waals surface area contributed by atoms with Gasteiger partial charge in [-0.25, -0.2) is 0 Å². The summed E-state index contributed by atoms with van der Waals surface area (Å²) in [5.41, 5.74) is 2.57. The Morgan fingerprint density at radius 1 is 1.47 bits per heavy atom. The fourth-order valence-electron chi connectivity index (χ4n) is 1.38. The number of hydrogen-bond donors (Lipinski definition) is 1. The summed E-state index contributed by atoms with van der Waals surface area (Å²) in [6.45, 7) is 4.03. The smallest absolute Gasteiger partial charge is 0.0315 e. The van der Waals surface area contributed by atoms with Crippen molar-refractivity contribution in [3.63, 3.8) is 0 Å². The van der Waals surface area contributed by atoms with E-state index in [9.17, 15) is 0 Å². The molecule has 0 fully saturated rings. The SMILES string of the molecule is C#CCCCCNCc1cnccc1C. The molecule has 1 rings (SSSR count). The van der Waals surface area contributed by atoms with Gasteiger partial charge >= 0.3 is 0 Å². The first-order valence-electron chi connectivity index (χ1n) is 5.38. The summed E-state index contributed by atoms with van der Waals surface area (Å²) in [6.07, 6.45) is 12.1. The molecule has 1 N–H and O–H groups in total. The summed E-state index contributed by atoms with van der Waals surface area (Å²) >= 11 is 0. The molecule has 80 valence electrons. The largest absolute Gasteiger partial charge is 0.313 e. The highest BCUT2D eigenvalue weighted by molar-refractivity contribution is 5.20. The maximum absolute atomic E-state index is 5.18. The molecule has 0 radical (unpaired) electrons. The standard InChI is InChI=1S/C13H18N2/c1-3-4-5-6-8-14-10-13-11-15-9-7-12(13)2/h1,7,9,11,14H,4-6,8,10H2,2H3. The molecular formula is C13H18N2. The zero-order valence-electron chi connectivity index (χ0n) is 9.29. The summed E-state index contributed by atoms with van der Waals surface area (Å²) < 4.78 is 0. The van der Waals surface area contributed by atoms with E-state index < -0.39 is 0 Å². The van der Waals surface area contributed by atoms with E-state index >= 15 is 0 Å². The van der Waals surface area contributed by atoms with Crippen LogP contribution in [0.15, 0.2) is 18.5 Å². The number of nitrogens with zero attached hydrogens (tertiary/aromatic N) is 1. The van der Waals surface area contributed by atoms with Gasteiger partial charge < -0.3 is 5.32 Å². The minimum Gasteiger partial charge on any atom is -0.313 e. The first kappa shape index (κ1) is 11.7. The lowest BCUT2D eigenvalue weighted by Gasteiger charge is -2.06. The summed E-state index contributed by atoms with van der Waals surface area (Å²) in [5, 5.41) is 3.39. The van der Waals surface area contributed by atoms with E-state index in [4.69, 9.17) is 6.42 Å². The molecule has 1 aromatic rings. The van der Waals surface area contributed by atoms with E-state index in [1.807, 2.05) is 18.5 Å². The van der Waals surface area contributed by atoms with Gasteiger partial charge in [0.15, 0.2) is 0 Å². The highest BCUT2D eigenvalue weighted by Gasteiger charge is 1.96. The van der Waals surface area contributed by atoms with Gasteiger partial charge in [-0.05, 0) is 43.5 Å². The van der Waals surface area contributed by atoms with Crippen molar-refractivity contribution in [3.05, 3.63) is 29.6 Å². The normalized spacial score (nSPS) is 9.87. The predicted molar refractivity (Wildman–Crippen MR) is 63.4 cm³/mol. The monoisotopic (exact) mass is 202 g/mol. The number of aryl methyl sites for hydroxylation is 1. The van der Waals surface area contributed by atoms with Gasteiger partial charge in [0.25, 0.3) is 0 Å². The zero-order valence-corrected chi connectivity index (χ0v) is 9.29. The molecule has 0 aromatic carbocycles. The highest BCUT2D eigenvalue weighted by atomic mass is 14.8. The topological polar surface area (TPSA) is 24.9 Å². The van der Waals surface area contributed by atoms with Gasteiger partial charge in [-0.15, -0.1) is 12.3 Å². The average molecular weight is 202 g/mol. The van der Waals surface area contributed by atoms with E-state index in [-0.39, 0.29) is 0 Å². The Hall–Kier alpha value is -1.33. The average Bonchev–Trinajstić information content (AvgIpc) is 2.25. The Morgan fingerprint density at radius 2 is 2.33 bits per heavy atom. The van der Waals surface area contributed by atoms with Crippen molar-refractivity contribution in [3.8, 4) is 12.3 Å². The van der Waals surface area contributed by atoms with Crippen LogP contribution in [-0.4, -0.2) is 11.5 Å². The van der Waals surface area contributed by atoms with Crippen LogP contribution in [0.3, 0.4) is 0 Å². The lowest BCUT2D eigenvalue weighted by molar-refractivity contribution is 0.627. The second kappa shape index (κ2) is 7.03. The Bertz CT molecular complexity index is 326. The minimum absolute atomic E-state index is 0.883. The number of pyridine rings is 1. The van der Waals surface area contributed by atoms with Gasteiger partial charge in [0, 0.05) is 25.4 Å². The van der Waals surface area contributed by atoms with Gasteiger partial charge in [0.2, 0.25) is 0 Å². The van der Waals surface area contributed by atoms with Gasteiger partial charge in [-0.2, -0.15) is 0 Å². The lowest BCUT2D eigenvalue weighted by Crippen LogP contribution is -2.15. The van der Waals surface area contributed by atoms with E-state index in [2.05, 4.69) is 23.1 Å². The van der Waals surface area contributed by atoms with Gasteiger partial charge in [0.05, 0.1) is 0 Å². The van der Waals surface area contributed by atoms with Gasteiger partial charge in [-0.3, -0.25) is 4.98 Å². The van der Waals surface area contributed by atoms with Crippen molar-refractivity contribution < 1.29 is 0 Å². The third kappa shape index (κ3) is 4.62. The summed E-state index contributed by atoms with van der Waals surface area (Å²) in [4.78, 5) is 4.11.